The van der Waals surface area contributed by atoms with Gasteiger partial charge in [0.15, 0.2) is 5.82 Å². The zero-order chi connectivity index (χ0) is 20.2. The van der Waals surface area contributed by atoms with Crippen LogP contribution in [0.5, 0.6) is 0 Å². The van der Waals surface area contributed by atoms with Crippen molar-refractivity contribution in [1.29, 1.82) is 0 Å². The van der Waals surface area contributed by atoms with Gasteiger partial charge in [-0.2, -0.15) is 9.71 Å². The van der Waals surface area contributed by atoms with Gasteiger partial charge in [-0.1, -0.05) is 30.8 Å². The zero-order valence-electron chi connectivity index (χ0n) is 16.1. The van der Waals surface area contributed by atoms with Crippen LogP contribution in [0.1, 0.15) is 67.5 Å². The predicted octanol–water partition coefficient (Wildman–Crippen LogP) is 3.08. The minimum atomic E-state index is -3.85. The number of aryl methyl sites for hydroxylation is 1. The highest BCUT2D eigenvalue weighted by Gasteiger charge is 2.41. The lowest BCUT2D eigenvalue weighted by Crippen LogP contribution is -2.46. The molecule has 1 aromatic carbocycles. The van der Waals surface area contributed by atoms with Gasteiger partial charge in [-0.3, -0.25) is 0 Å². The van der Waals surface area contributed by atoms with E-state index in [0.717, 1.165) is 25.7 Å². The minimum absolute atomic E-state index is 0.0735. The summed E-state index contributed by atoms with van der Waals surface area (Å²) in [6.07, 6.45) is 5.02. The van der Waals surface area contributed by atoms with Gasteiger partial charge in [-0.05, 0) is 44.0 Å². The molecule has 1 saturated carbocycles. The number of benzene rings is 1. The number of rotatable bonds is 6. The van der Waals surface area contributed by atoms with E-state index in [-0.39, 0.29) is 11.5 Å². The molecule has 0 saturated heterocycles. The summed E-state index contributed by atoms with van der Waals surface area (Å²) in [5.41, 5.74) is -0.592. The van der Waals surface area contributed by atoms with Crippen LogP contribution in [0.25, 0.3) is 0 Å². The highest BCUT2D eigenvalue weighted by Crippen LogP contribution is 2.36. The Kier molecular flexibility index (Phi) is 6.14. The number of carbonyl (C=O) groups is 1. The summed E-state index contributed by atoms with van der Waals surface area (Å²) >= 11 is 0. The van der Waals surface area contributed by atoms with Gasteiger partial charge >= 0.3 is 5.97 Å². The fourth-order valence-electron chi connectivity index (χ4n) is 3.50. The van der Waals surface area contributed by atoms with Crippen molar-refractivity contribution in [2.75, 3.05) is 6.61 Å². The van der Waals surface area contributed by atoms with Gasteiger partial charge in [0.25, 0.3) is 0 Å². The summed E-state index contributed by atoms with van der Waals surface area (Å²) in [6.45, 7) is 3.66. The number of aromatic nitrogens is 2. The SMILES string of the molecule is CCOC(=O)c1ccc(S(=O)(=O)NC2(c3noc(C)n3)CCCCCC2)cc1. The third-order valence-electron chi connectivity index (χ3n) is 4.92. The van der Waals surface area contributed by atoms with E-state index in [1.165, 1.54) is 24.3 Å². The molecule has 0 radical (unpaired) electrons. The maximum absolute atomic E-state index is 13.1. The van der Waals surface area contributed by atoms with E-state index in [9.17, 15) is 13.2 Å². The Morgan fingerprint density at radius 3 is 2.36 bits per heavy atom. The summed E-state index contributed by atoms with van der Waals surface area (Å²) in [7, 11) is -3.85. The van der Waals surface area contributed by atoms with Crippen LogP contribution in [0, 0.1) is 6.92 Å². The van der Waals surface area contributed by atoms with Crippen LogP contribution in [0.4, 0.5) is 0 Å². The molecule has 8 nitrogen and oxygen atoms in total. The molecule has 1 heterocycles. The number of sulfonamides is 1. The molecule has 1 aromatic heterocycles. The standard InChI is InChI=1S/C19H25N3O5S/c1-3-26-17(23)15-8-10-16(11-9-15)28(24,25)22-19(12-6-4-5-7-13-19)18-20-14(2)27-21-18/h8-11,22H,3-7,12-13H2,1-2H3. The zero-order valence-corrected chi connectivity index (χ0v) is 16.9. The van der Waals surface area contributed by atoms with E-state index in [1.807, 2.05) is 0 Å². The van der Waals surface area contributed by atoms with Crippen molar-refractivity contribution in [1.82, 2.24) is 14.9 Å². The first-order chi connectivity index (χ1) is 13.4. The molecule has 1 aliphatic rings. The first kappa shape index (κ1) is 20.5. The first-order valence-corrected chi connectivity index (χ1v) is 11.0. The van der Waals surface area contributed by atoms with Crippen molar-refractivity contribution in [3.8, 4) is 0 Å². The predicted molar refractivity (Wildman–Crippen MR) is 101 cm³/mol. The maximum Gasteiger partial charge on any atom is 0.338 e. The van der Waals surface area contributed by atoms with E-state index in [1.54, 1.807) is 13.8 Å². The number of hydrogen-bond donors (Lipinski definition) is 1. The van der Waals surface area contributed by atoms with Crippen LogP contribution in [-0.2, 0) is 20.3 Å². The Bertz CT molecular complexity index is 913. The van der Waals surface area contributed by atoms with Crippen molar-refractivity contribution in [2.24, 2.45) is 0 Å². The van der Waals surface area contributed by atoms with Crippen molar-refractivity contribution in [3.63, 3.8) is 0 Å². The lowest BCUT2D eigenvalue weighted by molar-refractivity contribution is 0.0526. The molecule has 0 bridgehead atoms. The largest absolute Gasteiger partial charge is 0.462 e. The van der Waals surface area contributed by atoms with Crippen LogP contribution in [0.3, 0.4) is 0 Å². The van der Waals surface area contributed by atoms with Gasteiger partial charge < -0.3 is 9.26 Å². The quantitative estimate of drug-likeness (QED) is 0.578. The monoisotopic (exact) mass is 407 g/mol. The number of carbonyl (C=O) groups excluding carboxylic acids is 1. The van der Waals surface area contributed by atoms with E-state index in [2.05, 4.69) is 14.9 Å². The Hall–Kier alpha value is -2.26. The lowest BCUT2D eigenvalue weighted by Gasteiger charge is -2.30. The second kappa shape index (κ2) is 8.40. The Balaban J connectivity index is 1.90. The van der Waals surface area contributed by atoms with Gasteiger partial charge in [0, 0.05) is 6.92 Å². The highest BCUT2D eigenvalue weighted by atomic mass is 32.2. The van der Waals surface area contributed by atoms with Gasteiger partial charge in [0.1, 0.15) is 0 Å². The fourth-order valence-corrected chi connectivity index (χ4v) is 4.92. The maximum atomic E-state index is 13.1. The number of ether oxygens (including phenoxy) is 1. The lowest BCUT2D eigenvalue weighted by atomic mass is 9.91. The minimum Gasteiger partial charge on any atom is -0.462 e. The molecule has 1 fully saturated rings. The molecule has 152 valence electrons. The second-order valence-electron chi connectivity index (χ2n) is 6.98. The highest BCUT2D eigenvalue weighted by molar-refractivity contribution is 7.89. The molecule has 0 atom stereocenters. The van der Waals surface area contributed by atoms with Gasteiger partial charge in [-0.25, -0.2) is 13.2 Å². The van der Waals surface area contributed by atoms with Crippen LogP contribution in [0.15, 0.2) is 33.7 Å². The summed E-state index contributed by atoms with van der Waals surface area (Å²) in [4.78, 5) is 16.2. The summed E-state index contributed by atoms with van der Waals surface area (Å²) in [5.74, 6) is 0.289. The molecule has 0 spiro atoms. The molecule has 0 unspecified atom stereocenters. The molecule has 0 amide bonds. The Morgan fingerprint density at radius 1 is 1.18 bits per heavy atom. The summed E-state index contributed by atoms with van der Waals surface area (Å²) in [6, 6.07) is 5.70. The second-order valence-corrected chi connectivity index (χ2v) is 8.67. The van der Waals surface area contributed by atoms with Gasteiger partial charge in [-0.15, -0.1) is 0 Å². The molecule has 3 rings (SSSR count). The van der Waals surface area contributed by atoms with E-state index in [4.69, 9.17) is 9.26 Å². The Labute approximate surface area is 164 Å². The molecule has 1 aliphatic carbocycles. The van der Waals surface area contributed by atoms with Crippen molar-refractivity contribution < 1.29 is 22.5 Å². The van der Waals surface area contributed by atoms with Crippen LogP contribution in [0.2, 0.25) is 0 Å². The fraction of sp³-hybridized carbons (Fsp3) is 0.526. The topological polar surface area (TPSA) is 111 Å². The first-order valence-electron chi connectivity index (χ1n) is 9.48. The third kappa shape index (κ3) is 4.41. The van der Waals surface area contributed by atoms with Gasteiger partial charge in [0.2, 0.25) is 15.9 Å². The smallest absolute Gasteiger partial charge is 0.338 e. The third-order valence-corrected chi connectivity index (χ3v) is 6.47. The van der Waals surface area contributed by atoms with Crippen LogP contribution < -0.4 is 4.72 Å². The molecular weight excluding hydrogens is 382 g/mol. The van der Waals surface area contributed by atoms with Crippen molar-refractivity contribution in [2.45, 2.75) is 62.8 Å². The van der Waals surface area contributed by atoms with E-state index >= 15 is 0 Å². The Morgan fingerprint density at radius 2 is 1.82 bits per heavy atom. The number of hydrogen-bond acceptors (Lipinski definition) is 7. The van der Waals surface area contributed by atoms with E-state index < -0.39 is 21.5 Å². The van der Waals surface area contributed by atoms with Crippen LogP contribution in [-0.4, -0.2) is 31.1 Å². The van der Waals surface area contributed by atoms with Crippen molar-refractivity contribution in [3.05, 3.63) is 41.5 Å². The summed E-state index contributed by atoms with van der Waals surface area (Å²) in [5, 5.41) is 4.01. The molecule has 2 aromatic rings. The molecule has 1 N–H and O–H groups in total. The number of nitrogens with zero attached hydrogens (tertiary/aromatic N) is 2. The average Bonchev–Trinajstić information content (AvgIpc) is 2.98. The normalized spacial score (nSPS) is 17.1. The molecule has 28 heavy (non-hydrogen) atoms. The number of nitrogens with one attached hydrogen (secondary N) is 1. The average molecular weight is 407 g/mol. The molecular formula is C19H25N3O5S. The summed E-state index contributed by atoms with van der Waals surface area (Å²) < 4.78 is 39.1. The van der Waals surface area contributed by atoms with Crippen molar-refractivity contribution >= 4 is 16.0 Å². The number of esters is 1. The molecule has 9 heteroatoms. The molecule has 0 aliphatic heterocycles. The van der Waals surface area contributed by atoms with Gasteiger partial charge in [0.05, 0.1) is 22.6 Å². The van der Waals surface area contributed by atoms with Crippen LogP contribution >= 0.6 is 0 Å². The van der Waals surface area contributed by atoms with E-state index in [0.29, 0.717) is 30.1 Å².